The zero-order valence-corrected chi connectivity index (χ0v) is 13.1. The van der Waals surface area contributed by atoms with Crippen LogP contribution in [0.4, 0.5) is 5.69 Å². The summed E-state index contributed by atoms with van der Waals surface area (Å²) in [5.74, 6) is -0.142. The van der Waals surface area contributed by atoms with Crippen LogP contribution in [0.25, 0.3) is 0 Å². The van der Waals surface area contributed by atoms with Crippen molar-refractivity contribution in [3.8, 4) is 11.5 Å². The summed E-state index contributed by atoms with van der Waals surface area (Å²) in [6, 6.07) is 2.96. The molecule has 1 aliphatic rings. The number of aromatic hydroxyl groups is 1. The smallest absolute Gasteiger partial charge is 0.314 e. The summed E-state index contributed by atoms with van der Waals surface area (Å²) in [4.78, 5) is 13.4. The van der Waals surface area contributed by atoms with Crippen LogP contribution in [-0.2, 0) is 16.1 Å². The van der Waals surface area contributed by atoms with Gasteiger partial charge in [0, 0.05) is 11.6 Å². The molecule has 0 fully saturated rings. The molecule has 0 bridgehead atoms. The number of esters is 1. The number of phenols is 1. The summed E-state index contributed by atoms with van der Waals surface area (Å²) < 4.78 is 10.9. The quantitative estimate of drug-likeness (QED) is 0.522. The minimum absolute atomic E-state index is 0.0164. The fourth-order valence-corrected chi connectivity index (χ4v) is 2.00. The van der Waals surface area contributed by atoms with E-state index in [4.69, 9.17) is 9.47 Å². The van der Waals surface area contributed by atoms with Crippen molar-refractivity contribution in [2.75, 3.05) is 13.8 Å². The second kappa shape index (κ2) is 5.75. The molecular weight excluding hydrogens is 288 g/mol. The SMILES string of the molecule is COc1cc2c(cc1O)[N+]([O-])=CN(COC(=O)C(C)(C)C)C2. The van der Waals surface area contributed by atoms with E-state index in [9.17, 15) is 15.1 Å². The van der Waals surface area contributed by atoms with Gasteiger partial charge in [0.05, 0.1) is 12.5 Å². The molecule has 7 nitrogen and oxygen atoms in total. The third-order valence-electron chi connectivity index (χ3n) is 3.23. The maximum absolute atomic E-state index is 12.0. The number of nitrogens with zero attached hydrogens (tertiary/aromatic N) is 2. The molecule has 0 atom stereocenters. The average molecular weight is 308 g/mol. The lowest BCUT2D eigenvalue weighted by Gasteiger charge is -2.25. The highest BCUT2D eigenvalue weighted by molar-refractivity contribution is 5.75. The molecule has 1 aromatic rings. The minimum Gasteiger partial charge on any atom is -0.711 e. The van der Waals surface area contributed by atoms with Gasteiger partial charge in [-0.25, -0.2) is 9.64 Å². The van der Waals surface area contributed by atoms with Crippen LogP contribution in [0.3, 0.4) is 0 Å². The number of phenolic OH excluding ortho intramolecular Hbond substituents is 1. The number of benzene rings is 1. The van der Waals surface area contributed by atoms with Gasteiger partial charge in [0.15, 0.2) is 11.5 Å². The van der Waals surface area contributed by atoms with E-state index in [1.807, 2.05) is 0 Å². The van der Waals surface area contributed by atoms with Gasteiger partial charge in [-0.2, -0.15) is 0 Å². The molecule has 22 heavy (non-hydrogen) atoms. The van der Waals surface area contributed by atoms with Crippen molar-refractivity contribution in [3.05, 3.63) is 22.9 Å². The molecule has 0 unspecified atom stereocenters. The van der Waals surface area contributed by atoms with Crippen molar-refractivity contribution in [2.24, 2.45) is 5.41 Å². The summed E-state index contributed by atoms with van der Waals surface area (Å²) in [6.07, 6.45) is 1.30. The number of carbonyl (C=O) groups is 1. The van der Waals surface area contributed by atoms with Crippen molar-refractivity contribution < 1.29 is 24.1 Å². The van der Waals surface area contributed by atoms with Gasteiger partial charge in [0.2, 0.25) is 13.1 Å². The van der Waals surface area contributed by atoms with Gasteiger partial charge >= 0.3 is 5.97 Å². The number of methoxy groups -OCH3 is 1. The number of hydrogen-bond donors (Lipinski definition) is 1. The van der Waals surface area contributed by atoms with E-state index in [0.717, 1.165) is 0 Å². The molecule has 0 aromatic heterocycles. The molecule has 0 aliphatic carbocycles. The summed E-state index contributed by atoms with van der Waals surface area (Å²) in [5.41, 5.74) is 0.426. The average Bonchev–Trinajstić information content (AvgIpc) is 2.44. The summed E-state index contributed by atoms with van der Waals surface area (Å²) >= 11 is 0. The van der Waals surface area contributed by atoms with E-state index in [1.165, 1.54) is 19.5 Å². The van der Waals surface area contributed by atoms with Gasteiger partial charge in [-0.3, -0.25) is 4.79 Å². The minimum atomic E-state index is -0.597. The van der Waals surface area contributed by atoms with E-state index in [1.54, 1.807) is 31.7 Å². The Morgan fingerprint density at radius 3 is 2.73 bits per heavy atom. The molecule has 0 saturated heterocycles. The van der Waals surface area contributed by atoms with Crippen LogP contribution < -0.4 is 4.74 Å². The lowest BCUT2D eigenvalue weighted by atomic mass is 9.98. The molecular formula is C15H20N2O5. The molecule has 2 rings (SSSR count). The van der Waals surface area contributed by atoms with E-state index >= 15 is 0 Å². The van der Waals surface area contributed by atoms with Crippen LogP contribution >= 0.6 is 0 Å². The molecule has 120 valence electrons. The number of fused-ring (bicyclic) bond motifs is 1. The van der Waals surface area contributed by atoms with Crippen molar-refractivity contribution >= 4 is 18.0 Å². The standard InChI is InChI=1S/C15H20N2O5/c1-15(2,3)14(19)22-9-16-7-10-5-13(21-4)12(18)6-11(10)17(20)8-16/h5-6,8,18H,7,9H2,1-4H3. The zero-order chi connectivity index (χ0) is 16.5. The summed E-state index contributed by atoms with van der Waals surface area (Å²) in [6.45, 7) is 5.65. The Morgan fingerprint density at radius 2 is 2.14 bits per heavy atom. The first kappa shape index (κ1) is 15.9. The van der Waals surface area contributed by atoms with Gasteiger partial charge in [-0.1, -0.05) is 0 Å². The number of carbonyl (C=O) groups excluding carboxylic acids is 1. The highest BCUT2D eigenvalue weighted by Crippen LogP contribution is 2.35. The molecule has 0 radical (unpaired) electrons. The normalized spacial score (nSPS) is 14.2. The fraction of sp³-hybridized carbons (Fsp3) is 0.467. The number of rotatable bonds is 3. The van der Waals surface area contributed by atoms with Crippen LogP contribution in [0.1, 0.15) is 26.3 Å². The Kier molecular flexibility index (Phi) is 4.16. The monoisotopic (exact) mass is 308 g/mol. The highest BCUT2D eigenvalue weighted by Gasteiger charge is 2.27. The number of ether oxygens (including phenoxy) is 2. The fourth-order valence-electron chi connectivity index (χ4n) is 2.00. The van der Waals surface area contributed by atoms with Crippen LogP contribution in [0.2, 0.25) is 0 Å². The lowest BCUT2D eigenvalue weighted by molar-refractivity contribution is -0.367. The first-order chi connectivity index (χ1) is 10.2. The Hall–Kier alpha value is -2.44. The third kappa shape index (κ3) is 3.24. The lowest BCUT2D eigenvalue weighted by Crippen LogP contribution is -2.34. The first-order valence-corrected chi connectivity index (χ1v) is 6.85. The van der Waals surface area contributed by atoms with Crippen LogP contribution in [0.15, 0.2) is 12.1 Å². The van der Waals surface area contributed by atoms with E-state index in [-0.39, 0.29) is 18.4 Å². The summed E-state index contributed by atoms with van der Waals surface area (Å²) in [5, 5.41) is 21.7. The molecule has 7 heteroatoms. The maximum Gasteiger partial charge on any atom is 0.314 e. The molecule has 1 N–H and O–H groups in total. The Morgan fingerprint density at radius 1 is 1.45 bits per heavy atom. The van der Waals surface area contributed by atoms with Crippen LogP contribution in [-0.4, -0.2) is 40.9 Å². The maximum atomic E-state index is 12.0. The molecule has 0 saturated carbocycles. The Bertz CT molecular complexity index is 619. The second-order valence-corrected chi connectivity index (χ2v) is 6.15. The third-order valence-corrected chi connectivity index (χ3v) is 3.23. The Labute approximate surface area is 129 Å². The second-order valence-electron chi connectivity index (χ2n) is 6.15. The van der Waals surface area contributed by atoms with Gasteiger partial charge in [0.1, 0.15) is 12.2 Å². The molecule has 0 amide bonds. The van der Waals surface area contributed by atoms with Gasteiger partial charge < -0.3 is 19.8 Å². The predicted molar refractivity (Wildman–Crippen MR) is 80.0 cm³/mol. The van der Waals surface area contributed by atoms with E-state index in [0.29, 0.717) is 28.3 Å². The molecule has 1 aliphatic heterocycles. The molecule has 0 spiro atoms. The predicted octanol–water partition coefficient (Wildman–Crippen LogP) is 1.93. The van der Waals surface area contributed by atoms with E-state index in [2.05, 4.69) is 0 Å². The van der Waals surface area contributed by atoms with Crippen LogP contribution in [0, 0.1) is 10.6 Å². The van der Waals surface area contributed by atoms with Crippen molar-refractivity contribution in [3.63, 3.8) is 0 Å². The van der Waals surface area contributed by atoms with Crippen LogP contribution in [0.5, 0.6) is 11.5 Å². The highest BCUT2D eigenvalue weighted by atomic mass is 16.5. The van der Waals surface area contributed by atoms with Crippen molar-refractivity contribution in [1.29, 1.82) is 0 Å². The van der Waals surface area contributed by atoms with Gasteiger partial charge in [-0.05, 0) is 26.8 Å². The van der Waals surface area contributed by atoms with Crippen molar-refractivity contribution in [1.82, 2.24) is 4.90 Å². The summed E-state index contributed by atoms with van der Waals surface area (Å²) in [7, 11) is 1.44. The molecule has 1 heterocycles. The van der Waals surface area contributed by atoms with Gasteiger partial charge in [-0.15, -0.1) is 0 Å². The van der Waals surface area contributed by atoms with Crippen molar-refractivity contribution in [2.45, 2.75) is 27.3 Å². The number of hydrogen-bond acceptors (Lipinski definition) is 6. The zero-order valence-electron chi connectivity index (χ0n) is 13.1. The first-order valence-electron chi connectivity index (χ1n) is 6.85. The van der Waals surface area contributed by atoms with Gasteiger partial charge in [0.25, 0.3) is 0 Å². The Balaban J connectivity index is 2.14. The topological polar surface area (TPSA) is 85.1 Å². The van der Waals surface area contributed by atoms with E-state index < -0.39 is 5.41 Å². The largest absolute Gasteiger partial charge is 0.711 e. The molecule has 1 aromatic carbocycles.